The maximum absolute atomic E-state index is 3.54. The van der Waals surface area contributed by atoms with Crippen LogP contribution in [0.25, 0.3) is 59.6 Å². The zero-order valence-corrected chi connectivity index (χ0v) is 17.9. The molecule has 0 aliphatic rings. The van der Waals surface area contributed by atoms with Gasteiger partial charge in [0.25, 0.3) is 0 Å². The molecule has 7 aromatic rings. The van der Waals surface area contributed by atoms with E-state index in [0.29, 0.717) is 0 Å². The molecule has 1 radical (unpaired) electrons. The summed E-state index contributed by atoms with van der Waals surface area (Å²) in [6, 6.07) is 35.3. The molecule has 2 heteroatoms. The molecule has 127 valence electrons. The van der Waals surface area contributed by atoms with Crippen LogP contribution in [0.3, 0.4) is 0 Å². The Bertz CT molecular complexity index is 1670. The second-order valence-corrected chi connectivity index (χ2v) is 7.23. The van der Waals surface area contributed by atoms with E-state index in [1.165, 1.54) is 48.9 Å². The third-order valence-electron chi connectivity index (χ3n) is 5.92. The van der Waals surface area contributed by atoms with Crippen molar-refractivity contribution >= 4 is 59.6 Å². The fourth-order valence-electron chi connectivity index (χ4n) is 4.85. The van der Waals surface area contributed by atoms with Gasteiger partial charge in [-0.1, -0.05) is 53.4 Å². The molecule has 7 rings (SSSR count). The molecule has 28 heavy (non-hydrogen) atoms. The molecule has 0 saturated carbocycles. The number of aromatic nitrogens is 1. The Balaban J connectivity index is 0.00000156. The van der Waals surface area contributed by atoms with Crippen molar-refractivity contribution in [2.75, 3.05) is 0 Å². The first-order chi connectivity index (χ1) is 13.4. The van der Waals surface area contributed by atoms with Crippen molar-refractivity contribution in [1.29, 1.82) is 0 Å². The van der Waals surface area contributed by atoms with E-state index in [4.69, 9.17) is 0 Å². The van der Waals surface area contributed by atoms with Crippen molar-refractivity contribution in [2.24, 2.45) is 0 Å². The molecule has 2 heterocycles. The van der Waals surface area contributed by atoms with Crippen molar-refractivity contribution in [3.8, 4) is 0 Å². The molecular formula is C26H13NY-2. The summed E-state index contributed by atoms with van der Waals surface area (Å²) < 4.78 is 2.42. The number of rotatable bonds is 0. The third-order valence-corrected chi connectivity index (χ3v) is 5.92. The average molecular weight is 428 g/mol. The summed E-state index contributed by atoms with van der Waals surface area (Å²) in [6.45, 7) is 0. The van der Waals surface area contributed by atoms with Crippen molar-refractivity contribution in [3.05, 3.63) is 91.0 Å². The van der Waals surface area contributed by atoms with E-state index < -0.39 is 0 Å². The zero-order valence-electron chi connectivity index (χ0n) is 15.0. The molecule has 2 aromatic heterocycles. The molecule has 0 fully saturated rings. The first-order valence-corrected chi connectivity index (χ1v) is 9.22. The molecule has 5 aromatic carbocycles. The minimum absolute atomic E-state index is 0. The SMILES string of the molecule is [Y].[c-]1ccc2ccc3cccc4c3c2c1c1[c-]ccc2c3ccccc3n4c12. The Labute approximate surface area is 186 Å². The fourth-order valence-corrected chi connectivity index (χ4v) is 4.85. The first kappa shape index (κ1) is 16.5. The van der Waals surface area contributed by atoms with Gasteiger partial charge < -0.3 is 4.40 Å². The Morgan fingerprint density at radius 3 is 2.25 bits per heavy atom. The van der Waals surface area contributed by atoms with Crippen molar-refractivity contribution in [3.63, 3.8) is 0 Å². The Hall–Kier alpha value is -2.48. The van der Waals surface area contributed by atoms with E-state index in [-0.39, 0.29) is 32.7 Å². The molecule has 0 aliphatic heterocycles. The maximum Gasteiger partial charge on any atom is 0.0428 e. The standard InChI is InChI=1S/C26H13N.Y/c1-2-12-22-18(8-1)20-10-5-11-21-19-9-3-6-16-14-15-17-7-4-13-23(25(17)24(16)19)27(22)26(20)21;/h1-8,10,12-15H;/q-2;. The maximum atomic E-state index is 3.54. The topological polar surface area (TPSA) is 4.41 Å². The van der Waals surface area contributed by atoms with Crippen LogP contribution < -0.4 is 0 Å². The van der Waals surface area contributed by atoms with Gasteiger partial charge >= 0.3 is 0 Å². The summed E-state index contributed by atoms with van der Waals surface area (Å²) >= 11 is 0. The number of hydrogen-bond donors (Lipinski definition) is 0. The van der Waals surface area contributed by atoms with Gasteiger partial charge in [0.1, 0.15) is 0 Å². The van der Waals surface area contributed by atoms with Crippen LogP contribution in [0.4, 0.5) is 0 Å². The number of hydrogen-bond acceptors (Lipinski definition) is 0. The minimum Gasteiger partial charge on any atom is -0.360 e. The quantitative estimate of drug-likeness (QED) is 0.186. The second-order valence-electron chi connectivity index (χ2n) is 7.23. The van der Waals surface area contributed by atoms with Crippen molar-refractivity contribution < 1.29 is 32.7 Å². The van der Waals surface area contributed by atoms with Crippen LogP contribution in [0.5, 0.6) is 0 Å². The molecule has 0 N–H and O–H groups in total. The van der Waals surface area contributed by atoms with Gasteiger partial charge in [0.15, 0.2) is 0 Å². The molecule has 0 atom stereocenters. The Kier molecular flexibility index (Phi) is 3.39. The fraction of sp³-hybridized carbons (Fsp3) is 0. The number of benzene rings is 5. The second kappa shape index (κ2) is 5.76. The Morgan fingerprint density at radius 1 is 0.571 bits per heavy atom. The van der Waals surface area contributed by atoms with Crippen LogP contribution >= 0.6 is 0 Å². The predicted molar refractivity (Wildman–Crippen MR) is 114 cm³/mol. The average Bonchev–Trinajstić information content (AvgIpc) is 3.00. The number of fused-ring (bicyclic) bond motifs is 5. The van der Waals surface area contributed by atoms with Crippen molar-refractivity contribution in [1.82, 2.24) is 4.40 Å². The van der Waals surface area contributed by atoms with Gasteiger partial charge in [0, 0.05) is 43.7 Å². The molecule has 0 aliphatic carbocycles. The summed E-state index contributed by atoms with van der Waals surface area (Å²) in [5.74, 6) is 0. The molecular weight excluding hydrogens is 415 g/mol. The van der Waals surface area contributed by atoms with Gasteiger partial charge in [0.05, 0.1) is 0 Å². The number of para-hydroxylation sites is 1. The van der Waals surface area contributed by atoms with E-state index in [9.17, 15) is 0 Å². The van der Waals surface area contributed by atoms with Gasteiger partial charge in [-0.3, -0.25) is 0 Å². The van der Waals surface area contributed by atoms with Crippen LogP contribution in [-0.2, 0) is 32.7 Å². The predicted octanol–water partition coefficient (Wildman–Crippen LogP) is 6.74. The third kappa shape index (κ3) is 1.89. The largest absolute Gasteiger partial charge is 0.360 e. The van der Waals surface area contributed by atoms with Gasteiger partial charge in [-0.25, -0.2) is 10.8 Å². The molecule has 0 bridgehead atoms. The van der Waals surface area contributed by atoms with E-state index in [0.717, 1.165) is 10.8 Å². The summed E-state index contributed by atoms with van der Waals surface area (Å²) in [5.41, 5.74) is 3.71. The summed E-state index contributed by atoms with van der Waals surface area (Å²) in [4.78, 5) is 0. The molecule has 0 unspecified atom stereocenters. The number of nitrogens with zero attached hydrogens (tertiary/aromatic N) is 1. The van der Waals surface area contributed by atoms with Gasteiger partial charge in [-0.15, -0.1) is 22.9 Å². The van der Waals surface area contributed by atoms with Gasteiger partial charge in [-0.05, 0) is 28.3 Å². The van der Waals surface area contributed by atoms with Crippen LogP contribution in [0.1, 0.15) is 0 Å². The van der Waals surface area contributed by atoms with Gasteiger partial charge in [-0.2, -0.15) is 24.3 Å². The van der Waals surface area contributed by atoms with Crippen molar-refractivity contribution in [2.45, 2.75) is 0 Å². The van der Waals surface area contributed by atoms with E-state index in [2.05, 4.69) is 89.3 Å². The van der Waals surface area contributed by atoms with Crippen LogP contribution in [0.15, 0.2) is 78.9 Å². The minimum atomic E-state index is 0. The van der Waals surface area contributed by atoms with E-state index in [1.807, 2.05) is 6.07 Å². The smallest absolute Gasteiger partial charge is 0.0428 e. The van der Waals surface area contributed by atoms with Gasteiger partial charge in [0.2, 0.25) is 0 Å². The molecule has 0 saturated heterocycles. The van der Waals surface area contributed by atoms with Crippen LogP contribution in [-0.4, -0.2) is 4.40 Å². The molecule has 0 amide bonds. The normalized spacial score (nSPS) is 12.0. The van der Waals surface area contributed by atoms with E-state index >= 15 is 0 Å². The summed E-state index contributed by atoms with van der Waals surface area (Å²) in [6.07, 6.45) is 0. The monoisotopic (exact) mass is 428 g/mol. The molecule has 1 nitrogen and oxygen atoms in total. The first-order valence-electron chi connectivity index (χ1n) is 9.22. The van der Waals surface area contributed by atoms with Crippen LogP contribution in [0.2, 0.25) is 0 Å². The van der Waals surface area contributed by atoms with E-state index in [1.54, 1.807) is 0 Å². The molecule has 0 spiro atoms. The summed E-state index contributed by atoms with van der Waals surface area (Å²) in [5, 5.41) is 9.94. The van der Waals surface area contributed by atoms with Crippen LogP contribution in [0, 0.1) is 12.1 Å². The summed E-state index contributed by atoms with van der Waals surface area (Å²) in [7, 11) is 0. The Morgan fingerprint density at radius 2 is 1.32 bits per heavy atom. The zero-order chi connectivity index (χ0) is 17.5.